The average Bonchev–Trinajstić information content (AvgIpc) is 3.28. The van der Waals surface area contributed by atoms with Crippen molar-refractivity contribution in [1.29, 1.82) is 0 Å². The Morgan fingerprint density at radius 1 is 1.42 bits per heavy atom. The number of rotatable bonds is 5. The Bertz CT molecular complexity index is 700. The molecule has 1 saturated heterocycles. The summed E-state index contributed by atoms with van der Waals surface area (Å²) in [6.45, 7) is 2.62. The molecule has 3 heterocycles. The first-order valence-corrected chi connectivity index (χ1v) is 8.92. The number of aromatic nitrogens is 1. The summed E-state index contributed by atoms with van der Waals surface area (Å²) in [6.07, 6.45) is 4.55. The number of likely N-dealkylation sites (tertiary alicyclic amines) is 1. The van der Waals surface area contributed by atoms with Crippen molar-refractivity contribution in [3.8, 4) is 0 Å². The molecule has 126 valence electrons. The van der Waals surface area contributed by atoms with Gasteiger partial charge in [-0.25, -0.2) is 4.98 Å². The number of amides is 2. The SMILES string of the molecule is CCSc1ccc(NC(=O)[C@@H]2CCCN2C(=O)c2ccco2)cn1. The fourth-order valence-corrected chi connectivity index (χ4v) is 3.32. The van der Waals surface area contributed by atoms with Crippen molar-refractivity contribution in [2.45, 2.75) is 30.8 Å². The van der Waals surface area contributed by atoms with Crippen LogP contribution < -0.4 is 5.32 Å². The van der Waals surface area contributed by atoms with E-state index < -0.39 is 6.04 Å². The van der Waals surface area contributed by atoms with Gasteiger partial charge in [0.1, 0.15) is 6.04 Å². The molecule has 1 aliphatic rings. The van der Waals surface area contributed by atoms with Crippen molar-refractivity contribution < 1.29 is 14.0 Å². The number of pyridine rings is 1. The molecule has 0 aromatic carbocycles. The predicted octanol–water partition coefficient (Wildman–Crippen LogP) is 3.03. The lowest BCUT2D eigenvalue weighted by atomic mass is 10.2. The van der Waals surface area contributed by atoms with Crippen molar-refractivity contribution >= 4 is 29.3 Å². The molecule has 24 heavy (non-hydrogen) atoms. The van der Waals surface area contributed by atoms with Crippen LogP contribution in [-0.2, 0) is 4.79 Å². The van der Waals surface area contributed by atoms with E-state index in [4.69, 9.17) is 4.42 Å². The molecule has 0 saturated carbocycles. The van der Waals surface area contributed by atoms with E-state index in [0.29, 0.717) is 18.7 Å². The van der Waals surface area contributed by atoms with Crippen LogP contribution >= 0.6 is 11.8 Å². The van der Waals surface area contributed by atoms with Crippen molar-refractivity contribution in [2.24, 2.45) is 0 Å². The summed E-state index contributed by atoms with van der Waals surface area (Å²) in [6, 6.07) is 6.51. The molecule has 0 aliphatic carbocycles. The number of anilines is 1. The number of carbonyl (C=O) groups excluding carboxylic acids is 2. The normalized spacial score (nSPS) is 17.0. The Labute approximate surface area is 144 Å². The number of carbonyl (C=O) groups is 2. The molecule has 1 atom stereocenters. The molecule has 1 N–H and O–H groups in total. The average molecular weight is 345 g/mol. The standard InChI is InChI=1S/C17H19N3O3S/c1-2-24-15-8-7-12(11-18-15)19-16(21)13-5-3-9-20(13)17(22)14-6-4-10-23-14/h4,6-8,10-11,13H,2-3,5,9H2,1H3,(H,19,21)/t13-/m0/s1. The van der Waals surface area contributed by atoms with E-state index >= 15 is 0 Å². The van der Waals surface area contributed by atoms with Crippen LogP contribution in [-0.4, -0.2) is 40.0 Å². The van der Waals surface area contributed by atoms with E-state index in [1.165, 1.54) is 6.26 Å². The minimum absolute atomic E-state index is 0.190. The van der Waals surface area contributed by atoms with Crippen LogP contribution in [0.4, 0.5) is 5.69 Å². The predicted molar refractivity (Wildman–Crippen MR) is 92.0 cm³/mol. The Kier molecular flexibility index (Phi) is 5.20. The Morgan fingerprint density at radius 3 is 2.96 bits per heavy atom. The zero-order valence-electron chi connectivity index (χ0n) is 13.4. The number of nitrogens with zero attached hydrogens (tertiary/aromatic N) is 2. The molecule has 6 nitrogen and oxygen atoms in total. The minimum Gasteiger partial charge on any atom is -0.459 e. The largest absolute Gasteiger partial charge is 0.459 e. The molecule has 2 amide bonds. The van der Waals surface area contributed by atoms with Gasteiger partial charge in [-0.2, -0.15) is 0 Å². The van der Waals surface area contributed by atoms with Gasteiger partial charge >= 0.3 is 0 Å². The van der Waals surface area contributed by atoms with Gasteiger partial charge in [0.2, 0.25) is 5.91 Å². The van der Waals surface area contributed by atoms with Crippen molar-refractivity contribution in [3.05, 3.63) is 42.5 Å². The summed E-state index contributed by atoms with van der Waals surface area (Å²) in [5, 5.41) is 3.77. The molecule has 7 heteroatoms. The smallest absolute Gasteiger partial charge is 0.290 e. The van der Waals surface area contributed by atoms with Crippen molar-refractivity contribution in [3.63, 3.8) is 0 Å². The highest BCUT2D eigenvalue weighted by Crippen LogP contribution is 2.22. The molecular formula is C17H19N3O3S. The first-order chi connectivity index (χ1) is 11.7. The molecule has 0 radical (unpaired) electrons. The lowest BCUT2D eigenvalue weighted by Gasteiger charge is -2.23. The first-order valence-electron chi connectivity index (χ1n) is 7.93. The number of furan rings is 1. The fraction of sp³-hybridized carbons (Fsp3) is 0.353. The number of hydrogen-bond donors (Lipinski definition) is 1. The van der Waals surface area contributed by atoms with E-state index in [9.17, 15) is 9.59 Å². The quantitative estimate of drug-likeness (QED) is 0.843. The monoisotopic (exact) mass is 345 g/mol. The second kappa shape index (κ2) is 7.53. The van der Waals surface area contributed by atoms with Crippen LogP contribution in [0.25, 0.3) is 0 Å². The Balaban J connectivity index is 1.66. The van der Waals surface area contributed by atoms with E-state index in [-0.39, 0.29) is 17.6 Å². The van der Waals surface area contributed by atoms with Gasteiger partial charge in [-0.1, -0.05) is 6.92 Å². The zero-order valence-corrected chi connectivity index (χ0v) is 14.2. The number of nitrogens with one attached hydrogen (secondary N) is 1. The van der Waals surface area contributed by atoms with E-state index in [1.807, 2.05) is 12.1 Å². The third kappa shape index (κ3) is 3.62. The minimum atomic E-state index is -0.479. The lowest BCUT2D eigenvalue weighted by Crippen LogP contribution is -2.43. The van der Waals surface area contributed by atoms with E-state index in [1.54, 1.807) is 35.0 Å². The maximum absolute atomic E-state index is 12.5. The molecular weight excluding hydrogens is 326 g/mol. The highest BCUT2D eigenvalue weighted by atomic mass is 32.2. The fourth-order valence-electron chi connectivity index (χ4n) is 2.74. The third-order valence-electron chi connectivity index (χ3n) is 3.84. The highest BCUT2D eigenvalue weighted by Gasteiger charge is 2.35. The van der Waals surface area contributed by atoms with Gasteiger partial charge in [0.05, 0.1) is 23.2 Å². The van der Waals surface area contributed by atoms with Gasteiger partial charge in [-0.15, -0.1) is 11.8 Å². The van der Waals surface area contributed by atoms with E-state index in [2.05, 4.69) is 17.2 Å². The molecule has 0 unspecified atom stereocenters. The van der Waals surface area contributed by atoms with Crippen LogP contribution in [0.3, 0.4) is 0 Å². The summed E-state index contributed by atoms with van der Waals surface area (Å²) in [7, 11) is 0. The first kappa shape index (κ1) is 16.6. The summed E-state index contributed by atoms with van der Waals surface area (Å²) >= 11 is 1.64. The second-order valence-electron chi connectivity index (χ2n) is 5.44. The van der Waals surface area contributed by atoms with Crippen molar-refractivity contribution in [1.82, 2.24) is 9.88 Å². The van der Waals surface area contributed by atoms with E-state index in [0.717, 1.165) is 17.2 Å². The van der Waals surface area contributed by atoms with Gasteiger partial charge in [-0.05, 0) is 42.9 Å². The van der Waals surface area contributed by atoms with Gasteiger partial charge in [0, 0.05) is 6.54 Å². The Morgan fingerprint density at radius 2 is 2.29 bits per heavy atom. The molecule has 2 aromatic heterocycles. The van der Waals surface area contributed by atoms with Crippen LogP contribution in [0.15, 0.2) is 46.2 Å². The molecule has 1 aliphatic heterocycles. The number of thioether (sulfide) groups is 1. The maximum Gasteiger partial charge on any atom is 0.290 e. The summed E-state index contributed by atoms with van der Waals surface area (Å²) in [5.41, 5.74) is 0.637. The van der Waals surface area contributed by atoms with Crippen molar-refractivity contribution in [2.75, 3.05) is 17.6 Å². The maximum atomic E-state index is 12.5. The molecule has 0 bridgehead atoms. The van der Waals surface area contributed by atoms with Gasteiger partial charge in [0.15, 0.2) is 5.76 Å². The van der Waals surface area contributed by atoms with Crippen LogP contribution in [0, 0.1) is 0 Å². The summed E-state index contributed by atoms with van der Waals surface area (Å²) in [4.78, 5) is 30.8. The Hall–Kier alpha value is -2.28. The van der Waals surface area contributed by atoms with Gasteiger partial charge < -0.3 is 14.6 Å². The zero-order chi connectivity index (χ0) is 16.9. The highest BCUT2D eigenvalue weighted by molar-refractivity contribution is 7.99. The van der Waals surface area contributed by atoms with Crippen LogP contribution in [0.5, 0.6) is 0 Å². The number of hydrogen-bond acceptors (Lipinski definition) is 5. The third-order valence-corrected chi connectivity index (χ3v) is 4.67. The molecule has 1 fully saturated rings. The summed E-state index contributed by atoms with van der Waals surface area (Å²) in [5.74, 6) is 0.776. The topological polar surface area (TPSA) is 75.4 Å². The second-order valence-corrected chi connectivity index (χ2v) is 6.73. The van der Waals surface area contributed by atoms with Gasteiger partial charge in [0.25, 0.3) is 5.91 Å². The van der Waals surface area contributed by atoms with Gasteiger partial charge in [-0.3, -0.25) is 9.59 Å². The van der Waals surface area contributed by atoms with Crippen LogP contribution in [0.2, 0.25) is 0 Å². The molecule has 0 spiro atoms. The molecule has 2 aromatic rings. The summed E-state index contributed by atoms with van der Waals surface area (Å²) < 4.78 is 5.15. The van der Waals surface area contributed by atoms with Crippen LogP contribution in [0.1, 0.15) is 30.3 Å². The molecule has 3 rings (SSSR count). The lowest BCUT2D eigenvalue weighted by molar-refractivity contribution is -0.119.